The van der Waals surface area contributed by atoms with Crippen molar-refractivity contribution in [1.82, 2.24) is 0 Å². The Labute approximate surface area is 174 Å². The van der Waals surface area contributed by atoms with Gasteiger partial charge in [-0.15, -0.1) is 0 Å². The number of fused-ring (bicyclic) bond motifs is 1. The van der Waals surface area contributed by atoms with Crippen LogP contribution in [-0.4, -0.2) is 11.7 Å². The molecule has 0 aromatic heterocycles. The van der Waals surface area contributed by atoms with Crippen LogP contribution in [0.5, 0.6) is 0 Å². The minimum Gasteiger partial charge on any atom is -0.488 e. The van der Waals surface area contributed by atoms with Crippen molar-refractivity contribution < 1.29 is 9.84 Å². The summed E-state index contributed by atoms with van der Waals surface area (Å²) in [6, 6.07) is 15.1. The van der Waals surface area contributed by atoms with Gasteiger partial charge in [-0.05, 0) is 66.4 Å². The van der Waals surface area contributed by atoms with Crippen molar-refractivity contribution in [1.29, 1.82) is 0 Å². The van der Waals surface area contributed by atoms with E-state index in [0.29, 0.717) is 18.4 Å². The largest absolute Gasteiger partial charge is 0.488 e. The van der Waals surface area contributed by atoms with Crippen LogP contribution in [0.25, 0.3) is 5.57 Å². The van der Waals surface area contributed by atoms with Crippen LogP contribution in [0.15, 0.2) is 59.9 Å². The van der Waals surface area contributed by atoms with Gasteiger partial charge in [0.1, 0.15) is 12.4 Å². The minimum absolute atomic E-state index is 0.264. The molecule has 2 heteroatoms. The molecule has 1 fully saturated rings. The van der Waals surface area contributed by atoms with E-state index in [2.05, 4.69) is 63.2 Å². The first-order valence-electron chi connectivity index (χ1n) is 11.0. The van der Waals surface area contributed by atoms with Crippen molar-refractivity contribution in [2.45, 2.75) is 53.1 Å². The molecule has 2 atom stereocenters. The maximum absolute atomic E-state index is 9.71. The van der Waals surface area contributed by atoms with E-state index in [1.165, 1.54) is 39.0 Å². The standard InChI is InChI=1S/C27H32O2/c1-4-21-11-18(3)12-22(5-2)26(21)25-15-23-13-20(16-28)14-24(23)27(25)29-17-19-9-7-6-8-10-19/h6-12,15,20,23,28H,4-5,13-14,16-17H2,1-3H3. The molecule has 2 aliphatic carbocycles. The topological polar surface area (TPSA) is 29.5 Å². The molecule has 4 rings (SSSR count). The Morgan fingerprint density at radius 2 is 1.72 bits per heavy atom. The fourth-order valence-electron chi connectivity index (χ4n) is 5.01. The summed E-state index contributed by atoms with van der Waals surface area (Å²) in [5.74, 6) is 1.84. The lowest BCUT2D eigenvalue weighted by atomic mass is 9.89. The normalized spacial score (nSPS) is 20.8. The third kappa shape index (κ3) is 3.91. The highest BCUT2D eigenvalue weighted by Crippen LogP contribution is 2.49. The first-order chi connectivity index (χ1) is 14.1. The molecule has 2 aliphatic rings. The summed E-state index contributed by atoms with van der Waals surface area (Å²) >= 11 is 0. The van der Waals surface area contributed by atoms with Gasteiger partial charge in [-0.2, -0.15) is 0 Å². The average Bonchev–Trinajstić information content (AvgIpc) is 3.29. The molecule has 0 bridgehead atoms. The van der Waals surface area contributed by atoms with Crippen molar-refractivity contribution >= 4 is 5.57 Å². The summed E-state index contributed by atoms with van der Waals surface area (Å²) in [4.78, 5) is 0. The number of aryl methyl sites for hydroxylation is 3. The van der Waals surface area contributed by atoms with E-state index < -0.39 is 0 Å². The van der Waals surface area contributed by atoms with Crippen molar-refractivity contribution in [3.8, 4) is 0 Å². The SMILES string of the molecule is CCc1cc(C)cc(CC)c1C1=CC2CC(CO)CC2=C1OCc1ccccc1. The van der Waals surface area contributed by atoms with Crippen LogP contribution in [0.4, 0.5) is 0 Å². The van der Waals surface area contributed by atoms with Gasteiger partial charge in [0, 0.05) is 18.1 Å². The van der Waals surface area contributed by atoms with E-state index in [1.807, 2.05) is 6.07 Å². The molecule has 0 amide bonds. The van der Waals surface area contributed by atoms with E-state index >= 15 is 0 Å². The first kappa shape index (κ1) is 20.0. The number of allylic oxidation sites excluding steroid dienone is 3. The molecule has 29 heavy (non-hydrogen) atoms. The van der Waals surface area contributed by atoms with Crippen molar-refractivity contribution in [2.75, 3.05) is 6.61 Å². The molecule has 0 saturated heterocycles. The van der Waals surface area contributed by atoms with Gasteiger partial charge in [-0.25, -0.2) is 0 Å². The van der Waals surface area contributed by atoms with Gasteiger partial charge in [-0.1, -0.05) is 68.0 Å². The number of aliphatic hydroxyl groups excluding tert-OH is 1. The predicted octanol–water partition coefficient (Wildman–Crippen LogP) is 6.01. The molecular formula is C27H32O2. The summed E-state index contributed by atoms with van der Waals surface area (Å²) in [6.45, 7) is 7.53. The fourth-order valence-corrected chi connectivity index (χ4v) is 5.01. The second-order valence-electron chi connectivity index (χ2n) is 8.47. The number of hydrogen-bond acceptors (Lipinski definition) is 2. The predicted molar refractivity (Wildman–Crippen MR) is 119 cm³/mol. The number of benzene rings is 2. The molecule has 0 radical (unpaired) electrons. The van der Waals surface area contributed by atoms with Gasteiger partial charge in [0.15, 0.2) is 0 Å². The Morgan fingerprint density at radius 3 is 2.34 bits per heavy atom. The van der Waals surface area contributed by atoms with Gasteiger partial charge in [0.2, 0.25) is 0 Å². The third-order valence-electron chi connectivity index (χ3n) is 6.41. The smallest absolute Gasteiger partial charge is 0.127 e. The van der Waals surface area contributed by atoms with Crippen molar-refractivity contribution in [3.05, 3.63) is 87.7 Å². The highest BCUT2D eigenvalue weighted by atomic mass is 16.5. The molecule has 0 spiro atoms. The zero-order chi connectivity index (χ0) is 20.4. The van der Waals surface area contributed by atoms with Crippen LogP contribution in [0, 0.1) is 18.8 Å². The van der Waals surface area contributed by atoms with E-state index in [0.717, 1.165) is 31.4 Å². The number of aliphatic hydroxyl groups is 1. The quantitative estimate of drug-likeness (QED) is 0.630. The fraction of sp³-hybridized carbons (Fsp3) is 0.407. The number of rotatable bonds is 7. The molecule has 0 heterocycles. The second-order valence-corrected chi connectivity index (χ2v) is 8.47. The maximum Gasteiger partial charge on any atom is 0.127 e. The Hall–Kier alpha value is -2.32. The van der Waals surface area contributed by atoms with Crippen LogP contribution >= 0.6 is 0 Å². The summed E-state index contributed by atoms with van der Waals surface area (Å²) in [5.41, 5.74) is 9.40. The molecule has 2 aromatic rings. The van der Waals surface area contributed by atoms with Crippen LogP contribution in [0.3, 0.4) is 0 Å². The average molecular weight is 389 g/mol. The highest BCUT2D eigenvalue weighted by molar-refractivity contribution is 5.85. The minimum atomic E-state index is 0.264. The molecule has 1 saturated carbocycles. The van der Waals surface area contributed by atoms with Crippen molar-refractivity contribution in [2.24, 2.45) is 11.8 Å². The van der Waals surface area contributed by atoms with Crippen LogP contribution in [0.1, 0.15) is 54.5 Å². The Bertz CT molecular complexity index is 911. The van der Waals surface area contributed by atoms with Gasteiger partial charge in [-0.3, -0.25) is 0 Å². The van der Waals surface area contributed by atoms with Crippen molar-refractivity contribution in [3.63, 3.8) is 0 Å². The Balaban J connectivity index is 1.75. The van der Waals surface area contributed by atoms with Crippen LogP contribution < -0.4 is 0 Å². The highest BCUT2D eigenvalue weighted by Gasteiger charge is 2.37. The molecule has 152 valence electrons. The van der Waals surface area contributed by atoms with E-state index in [-0.39, 0.29) is 6.61 Å². The molecule has 2 nitrogen and oxygen atoms in total. The van der Waals surface area contributed by atoms with Gasteiger partial charge < -0.3 is 9.84 Å². The number of hydrogen-bond donors (Lipinski definition) is 1. The maximum atomic E-state index is 9.71. The van der Waals surface area contributed by atoms with Crippen LogP contribution in [0.2, 0.25) is 0 Å². The Kier molecular flexibility index (Phi) is 5.91. The monoisotopic (exact) mass is 388 g/mol. The lowest BCUT2D eigenvalue weighted by Gasteiger charge is -2.20. The zero-order valence-corrected chi connectivity index (χ0v) is 17.9. The van der Waals surface area contributed by atoms with Gasteiger partial charge in [0.05, 0.1) is 0 Å². The molecule has 2 aromatic carbocycles. The van der Waals surface area contributed by atoms with E-state index in [9.17, 15) is 5.11 Å². The van der Waals surface area contributed by atoms with E-state index in [1.54, 1.807) is 0 Å². The molecule has 1 N–H and O–H groups in total. The molecule has 0 aliphatic heterocycles. The van der Waals surface area contributed by atoms with E-state index in [4.69, 9.17) is 4.74 Å². The summed E-state index contributed by atoms with van der Waals surface area (Å²) in [7, 11) is 0. The first-order valence-corrected chi connectivity index (χ1v) is 11.0. The summed E-state index contributed by atoms with van der Waals surface area (Å²) in [6.07, 6.45) is 6.44. The Morgan fingerprint density at radius 1 is 1.03 bits per heavy atom. The molecular weight excluding hydrogens is 356 g/mol. The summed E-state index contributed by atoms with van der Waals surface area (Å²) in [5, 5.41) is 9.71. The lowest BCUT2D eigenvalue weighted by molar-refractivity contribution is 0.209. The van der Waals surface area contributed by atoms with Gasteiger partial charge in [0.25, 0.3) is 0 Å². The third-order valence-corrected chi connectivity index (χ3v) is 6.41. The molecule has 2 unspecified atom stereocenters. The van der Waals surface area contributed by atoms with Crippen LogP contribution in [-0.2, 0) is 24.2 Å². The zero-order valence-electron chi connectivity index (χ0n) is 17.9. The summed E-state index contributed by atoms with van der Waals surface area (Å²) < 4.78 is 6.52. The number of ether oxygens (including phenoxy) is 1. The lowest BCUT2D eigenvalue weighted by Crippen LogP contribution is -2.05. The van der Waals surface area contributed by atoms with Gasteiger partial charge >= 0.3 is 0 Å². The second kappa shape index (κ2) is 8.59.